The topological polar surface area (TPSA) is 158 Å². The molecule has 5 unspecified atom stereocenters. The first-order valence-electron chi connectivity index (χ1n) is 46.6. The van der Waals surface area contributed by atoms with Crippen LogP contribution in [0.25, 0.3) is 0 Å². The van der Waals surface area contributed by atoms with Gasteiger partial charge in [0.2, 0.25) is 0 Å². The molecule has 18 heteroatoms. The molecule has 7 fully saturated rings. The number of hydrogen-bond acceptors (Lipinski definition) is 12. The Bertz CT molecular complexity index is 2370. The first-order chi connectivity index (χ1) is 52.6. The van der Waals surface area contributed by atoms with Gasteiger partial charge >= 0.3 is 35.8 Å². The smallest absolute Gasteiger partial charge is 0.309 e. The zero-order chi connectivity index (χ0) is 81.8. The van der Waals surface area contributed by atoms with Crippen LogP contribution in [0.3, 0.4) is 0 Å². The largest absolute Gasteiger partial charge is 0.459 e. The summed E-state index contributed by atoms with van der Waals surface area (Å²) in [4.78, 5) is 71.6. The Morgan fingerprint density at radius 1 is 0.245 bits per heavy atom. The third-order valence-corrected chi connectivity index (χ3v) is 26.5. The fourth-order valence-electron chi connectivity index (χ4n) is 18.4. The van der Waals surface area contributed by atoms with Gasteiger partial charge in [-0.2, -0.15) is 0 Å². The van der Waals surface area contributed by atoms with E-state index >= 15 is 0 Å². The summed E-state index contributed by atoms with van der Waals surface area (Å²) in [5.41, 5.74) is 0. The summed E-state index contributed by atoms with van der Waals surface area (Å²) in [6.45, 7) is 50.2. The Morgan fingerprint density at radius 3 is 0.700 bits per heavy atom. The van der Waals surface area contributed by atoms with E-state index < -0.39 is 0 Å². The van der Waals surface area contributed by atoms with E-state index in [0.717, 1.165) is 182 Å². The number of ether oxygens (including phenoxy) is 6. The summed E-state index contributed by atoms with van der Waals surface area (Å²) in [5.74, 6) is 2.96. The maximum absolute atomic E-state index is 12.1. The quantitative estimate of drug-likeness (QED) is 0.0323. The lowest BCUT2D eigenvalue weighted by Gasteiger charge is -2.37. The zero-order valence-electron chi connectivity index (χ0n) is 75.6. The summed E-state index contributed by atoms with van der Waals surface area (Å²) in [6.07, 6.45) is 42.2. The van der Waals surface area contributed by atoms with Crippen LogP contribution in [0.4, 0.5) is 0 Å². The van der Waals surface area contributed by atoms with Crippen molar-refractivity contribution < 1.29 is 84.1 Å². The molecule has 0 amide bonds. The Hall–Kier alpha value is -3.42. The van der Waals surface area contributed by atoms with E-state index in [1.807, 2.05) is 0 Å². The number of esters is 6. The Kier molecular flexibility index (Phi) is 54.5. The van der Waals surface area contributed by atoms with Crippen molar-refractivity contribution in [3.05, 3.63) is 0 Å². The molecule has 7 rings (SSSR count). The Balaban J connectivity index is 0.000000449. The van der Waals surface area contributed by atoms with Gasteiger partial charge in [-0.25, -0.2) is 0 Å². The molecule has 7 aliphatic rings. The molecule has 0 N–H and O–H groups in total. The zero-order valence-corrected chi connectivity index (χ0v) is 75.6. The fourth-order valence-corrected chi connectivity index (χ4v) is 18.4. The van der Waals surface area contributed by atoms with Crippen LogP contribution in [-0.4, -0.2) is 262 Å². The molecule has 0 aromatic heterocycles. The molecule has 18 nitrogen and oxygen atoms in total. The lowest BCUT2D eigenvalue weighted by atomic mass is 9.89. The molecule has 110 heavy (non-hydrogen) atoms. The molecular weight excluding hydrogens is 1380 g/mol. The van der Waals surface area contributed by atoms with Crippen molar-refractivity contribution >= 4 is 35.8 Å². The van der Waals surface area contributed by atoms with Crippen LogP contribution in [0.15, 0.2) is 0 Å². The number of carbonyl (C=O) groups excluding carboxylic acids is 6. The number of quaternary nitrogens is 6. The maximum Gasteiger partial charge on any atom is 0.309 e. The van der Waals surface area contributed by atoms with Gasteiger partial charge in [0.25, 0.3) is 0 Å². The molecule has 646 valence electrons. The standard InChI is InChI=1S/C18H36NO2.2C17H34NO2.C15H30NO2.C13H24NO2.C12H24NO2/c1-4-7-14-19(6-3,13-5-2)15-16-21-18(20)17-11-9-8-10-12-17;1-4-12-18(6-3,13-5-2)14-15-20-17(19)16-10-8-7-9-11-16;1-4-7-13-18(6-3,12-5-2)14-15-20-17(19)16-10-8-9-11-16;1-4-16(5-2,6-3)12-13-18-15(17)14-10-8-7-9-11-14;1-14(2,3)6-7-16-13(15)12-9-10-4-5-11(12)8-10;1-13(2,3)9-10-15-12(14)11-7-5-4-6-8-11/h17H,4-16H2,1-3H3;2*16H,4-15H2,1-3H3;14H,4-13H2,1-3H3;10-12H,4-9H2,1-3H3;11H,4-10H2,1-3H3/q6*+1. The maximum atomic E-state index is 12.1. The first kappa shape index (κ1) is 103. The molecule has 5 atom stereocenters. The van der Waals surface area contributed by atoms with E-state index in [9.17, 15) is 28.8 Å². The van der Waals surface area contributed by atoms with E-state index in [0.29, 0.717) is 45.6 Å². The van der Waals surface area contributed by atoms with Gasteiger partial charge in [-0.3, -0.25) is 28.8 Å². The van der Waals surface area contributed by atoms with Gasteiger partial charge in [-0.15, -0.1) is 0 Å². The van der Waals surface area contributed by atoms with Crippen LogP contribution in [0, 0.1) is 47.3 Å². The second-order valence-corrected chi connectivity index (χ2v) is 36.8. The highest BCUT2D eigenvalue weighted by Crippen LogP contribution is 2.48. The molecule has 2 bridgehead atoms. The third kappa shape index (κ3) is 42.4. The lowest BCUT2D eigenvalue weighted by Crippen LogP contribution is -2.51. The van der Waals surface area contributed by atoms with Crippen molar-refractivity contribution in [1.82, 2.24) is 0 Å². The van der Waals surface area contributed by atoms with E-state index in [-0.39, 0.29) is 71.3 Å². The molecule has 0 radical (unpaired) electrons. The minimum Gasteiger partial charge on any atom is -0.459 e. The van der Waals surface area contributed by atoms with E-state index in [4.69, 9.17) is 28.4 Å². The van der Waals surface area contributed by atoms with Gasteiger partial charge in [0.15, 0.2) is 0 Å². The molecular formula is C92H182N6O12+6. The van der Waals surface area contributed by atoms with Gasteiger partial charge in [0, 0.05) is 0 Å². The molecule has 7 aliphatic carbocycles. The van der Waals surface area contributed by atoms with E-state index in [1.54, 1.807) is 0 Å². The summed E-state index contributed by atoms with van der Waals surface area (Å²) in [7, 11) is 12.7. The van der Waals surface area contributed by atoms with Gasteiger partial charge in [0.1, 0.15) is 78.9 Å². The van der Waals surface area contributed by atoms with Crippen LogP contribution in [0.5, 0.6) is 0 Å². The van der Waals surface area contributed by atoms with E-state index in [2.05, 4.69) is 125 Å². The molecule has 0 aliphatic heterocycles. The van der Waals surface area contributed by atoms with Crippen LogP contribution < -0.4 is 0 Å². The van der Waals surface area contributed by atoms with Crippen molar-refractivity contribution in [2.45, 2.75) is 314 Å². The van der Waals surface area contributed by atoms with Crippen LogP contribution in [0.1, 0.15) is 314 Å². The average Bonchev–Trinajstić information content (AvgIpc) is 1.66. The summed E-state index contributed by atoms with van der Waals surface area (Å²) >= 11 is 0. The summed E-state index contributed by atoms with van der Waals surface area (Å²) in [6, 6.07) is 0. The van der Waals surface area contributed by atoms with Crippen molar-refractivity contribution in [3.8, 4) is 0 Å². The number of rotatable bonds is 44. The highest BCUT2D eigenvalue weighted by atomic mass is 16.6. The molecule has 7 saturated carbocycles. The van der Waals surface area contributed by atoms with Gasteiger partial charge in [-0.1, -0.05) is 151 Å². The highest BCUT2D eigenvalue weighted by Gasteiger charge is 2.44. The number of likely N-dealkylation sites (N-methyl/N-ethyl adjacent to an activating group) is 6. The SMILES string of the molecule is CCCC[N+](CC)(CCC)CCOC(=O)C1CCCC1.CCCC[N+](CC)(CCC)CCOC(=O)C1CCCCC1.CCC[N+](CC)(CCC)CCOC(=O)C1CCCCC1.CC[N+](CC)(CC)CCOC(=O)C1CCCCC1.C[N+](C)(C)CCOC(=O)C1CC2CCC1C2.C[N+](C)(C)CCOC(=O)C1CCCCC1. The number of fused-ring (bicyclic) bond motifs is 2. The summed E-state index contributed by atoms with van der Waals surface area (Å²) < 4.78 is 39.0. The van der Waals surface area contributed by atoms with E-state index in [1.165, 1.54) is 200 Å². The third-order valence-electron chi connectivity index (χ3n) is 26.5. The molecule has 0 aromatic rings. The van der Waals surface area contributed by atoms with Gasteiger partial charge in [0.05, 0.1) is 156 Å². The van der Waals surface area contributed by atoms with Crippen molar-refractivity contribution in [1.29, 1.82) is 0 Å². The monoisotopic (exact) mass is 1560 g/mol. The molecule has 0 saturated heterocycles. The number of nitrogens with zero attached hydrogens (tertiary/aromatic N) is 6. The molecule has 0 aromatic carbocycles. The van der Waals surface area contributed by atoms with Crippen LogP contribution in [-0.2, 0) is 57.2 Å². The minimum absolute atomic E-state index is 0.0307. The Labute approximate surface area is 677 Å². The van der Waals surface area contributed by atoms with Gasteiger partial charge < -0.3 is 55.3 Å². The molecule has 0 spiro atoms. The second-order valence-electron chi connectivity index (χ2n) is 36.8. The second kappa shape index (κ2) is 58.4. The fraction of sp³-hybridized carbons (Fsp3) is 0.935. The lowest BCUT2D eigenvalue weighted by molar-refractivity contribution is -0.927. The number of hydrogen-bond donors (Lipinski definition) is 0. The predicted octanol–water partition coefficient (Wildman–Crippen LogP) is 18.2. The average molecular weight is 1560 g/mol. The summed E-state index contributed by atoms with van der Waals surface area (Å²) in [5, 5.41) is 0. The van der Waals surface area contributed by atoms with Crippen molar-refractivity contribution in [3.63, 3.8) is 0 Å². The normalized spacial score (nSPS) is 20.5. The molecule has 0 heterocycles. The van der Waals surface area contributed by atoms with Crippen LogP contribution in [0.2, 0.25) is 0 Å². The van der Waals surface area contributed by atoms with Crippen molar-refractivity contribution in [2.75, 3.05) is 200 Å². The van der Waals surface area contributed by atoms with Crippen LogP contribution >= 0.6 is 0 Å². The minimum atomic E-state index is 0.0307. The number of carbonyl (C=O) groups is 6. The number of unbranched alkanes of at least 4 members (excludes halogenated alkanes) is 2. The van der Waals surface area contributed by atoms with Gasteiger partial charge in [-0.05, 0) is 175 Å². The first-order valence-corrected chi connectivity index (χ1v) is 46.6. The Morgan fingerprint density at radius 2 is 0.482 bits per heavy atom. The highest BCUT2D eigenvalue weighted by molar-refractivity contribution is 5.75. The van der Waals surface area contributed by atoms with Crippen molar-refractivity contribution in [2.24, 2.45) is 47.3 Å². The predicted molar refractivity (Wildman–Crippen MR) is 453 cm³/mol.